The number of piperidine rings is 1. The maximum absolute atomic E-state index is 13.4. The molecule has 160 valence electrons. The Morgan fingerprint density at radius 2 is 2.03 bits per heavy atom. The molecule has 7 heteroatoms. The van der Waals surface area contributed by atoms with E-state index in [1.165, 1.54) is 12.1 Å². The van der Waals surface area contributed by atoms with Crippen molar-refractivity contribution in [2.45, 2.75) is 51.2 Å². The molecule has 2 aromatic rings. The van der Waals surface area contributed by atoms with Gasteiger partial charge in [0.25, 0.3) is 5.56 Å². The standard InChI is InChI=1S/C23H31N5O2/c1-16-5-8-22(25-24-16)27-11-17-10-19(14-27)21-7-6-18(23(29)28(21)12-17)13-26-9-3-4-20(26)15-30-2/h5-8,17,19-20H,3-4,9-15H2,1-2H3/t17-,19+,20-/m0/s1. The molecule has 5 heterocycles. The number of nitrogens with zero attached hydrogens (tertiary/aromatic N) is 5. The van der Waals surface area contributed by atoms with E-state index in [4.69, 9.17) is 4.74 Å². The lowest BCUT2D eigenvalue weighted by molar-refractivity contribution is 0.111. The first-order valence-electron chi connectivity index (χ1n) is 11.1. The van der Waals surface area contributed by atoms with Crippen LogP contribution in [0.1, 0.15) is 42.1 Å². The Morgan fingerprint density at radius 1 is 1.13 bits per heavy atom. The molecular weight excluding hydrogens is 378 g/mol. The second-order valence-corrected chi connectivity index (χ2v) is 9.16. The van der Waals surface area contributed by atoms with Gasteiger partial charge in [-0.2, -0.15) is 5.10 Å². The van der Waals surface area contributed by atoms with E-state index in [0.717, 1.165) is 69.2 Å². The minimum absolute atomic E-state index is 0.203. The first-order valence-corrected chi connectivity index (χ1v) is 11.1. The van der Waals surface area contributed by atoms with Crippen LogP contribution in [0.15, 0.2) is 29.1 Å². The average Bonchev–Trinajstić information content (AvgIpc) is 3.18. The van der Waals surface area contributed by atoms with E-state index in [9.17, 15) is 4.79 Å². The van der Waals surface area contributed by atoms with Gasteiger partial charge in [0, 0.05) is 56.5 Å². The van der Waals surface area contributed by atoms with E-state index in [1.54, 1.807) is 7.11 Å². The molecule has 7 nitrogen and oxygen atoms in total. The Labute approximate surface area is 177 Å². The zero-order chi connectivity index (χ0) is 20.7. The van der Waals surface area contributed by atoms with Crippen LogP contribution in [0.2, 0.25) is 0 Å². The fraction of sp³-hybridized carbons (Fsp3) is 0.609. The third-order valence-corrected chi connectivity index (χ3v) is 7.02. The Bertz CT molecular complexity index is 957. The predicted octanol–water partition coefficient (Wildman–Crippen LogP) is 2.18. The third-order valence-electron chi connectivity index (χ3n) is 7.02. The van der Waals surface area contributed by atoms with Crippen LogP contribution in [0, 0.1) is 12.8 Å². The van der Waals surface area contributed by atoms with Gasteiger partial charge >= 0.3 is 0 Å². The summed E-state index contributed by atoms with van der Waals surface area (Å²) in [6.45, 7) is 7.12. The third kappa shape index (κ3) is 3.65. The number of fused-ring (bicyclic) bond motifs is 4. The molecule has 5 rings (SSSR count). The number of rotatable bonds is 5. The summed E-state index contributed by atoms with van der Waals surface area (Å²) in [4.78, 5) is 18.1. The van der Waals surface area contributed by atoms with Crippen LogP contribution < -0.4 is 10.5 Å². The molecule has 0 amide bonds. The molecule has 0 spiro atoms. The van der Waals surface area contributed by atoms with Gasteiger partial charge in [-0.25, -0.2) is 0 Å². The molecule has 0 unspecified atom stereocenters. The normalized spacial score (nSPS) is 26.1. The smallest absolute Gasteiger partial charge is 0.255 e. The highest BCUT2D eigenvalue weighted by molar-refractivity contribution is 5.40. The second kappa shape index (κ2) is 8.12. The van der Waals surface area contributed by atoms with Gasteiger partial charge in [-0.3, -0.25) is 9.69 Å². The van der Waals surface area contributed by atoms with Crippen molar-refractivity contribution in [3.05, 3.63) is 51.6 Å². The lowest BCUT2D eigenvalue weighted by Gasteiger charge is -2.43. The first-order chi connectivity index (χ1) is 14.6. The second-order valence-electron chi connectivity index (χ2n) is 9.16. The monoisotopic (exact) mass is 409 g/mol. The van der Waals surface area contributed by atoms with Gasteiger partial charge in [-0.1, -0.05) is 6.07 Å². The van der Waals surface area contributed by atoms with Crippen LogP contribution in [0.5, 0.6) is 0 Å². The summed E-state index contributed by atoms with van der Waals surface area (Å²) in [7, 11) is 1.76. The van der Waals surface area contributed by atoms with Crippen molar-refractivity contribution in [2.75, 3.05) is 38.3 Å². The van der Waals surface area contributed by atoms with Crippen LogP contribution in [0.25, 0.3) is 0 Å². The van der Waals surface area contributed by atoms with Crippen LogP contribution in [-0.2, 0) is 17.8 Å². The van der Waals surface area contributed by atoms with Gasteiger partial charge < -0.3 is 14.2 Å². The first kappa shape index (κ1) is 19.7. The number of hydrogen-bond acceptors (Lipinski definition) is 6. The fourth-order valence-corrected chi connectivity index (χ4v) is 5.56. The molecule has 0 radical (unpaired) electrons. The lowest BCUT2D eigenvalue weighted by Crippen LogP contribution is -2.48. The predicted molar refractivity (Wildman–Crippen MR) is 116 cm³/mol. The Hall–Kier alpha value is -2.25. The van der Waals surface area contributed by atoms with Crippen LogP contribution in [-0.4, -0.2) is 59.1 Å². The van der Waals surface area contributed by atoms with Crippen LogP contribution in [0.3, 0.4) is 0 Å². The molecule has 0 N–H and O–H groups in total. The van der Waals surface area contributed by atoms with Crippen molar-refractivity contribution in [3.8, 4) is 0 Å². The zero-order valence-electron chi connectivity index (χ0n) is 18.0. The molecule has 3 aliphatic heterocycles. The molecule has 2 saturated heterocycles. The van der Waals surface area contributed by atoms with Gasteiger partial charge in [0.2, 0.25) is 0 Å². The number of hydrogen-bond donors (Lipinski definition) is 0. The summed E-state index contributed by atoms with van der Waals surface area (Å²) in [5, 5.41) is 8.61. The Balaban J connectivity index is 1.37. The molecule has 2 aromatic heterocycles. The van der Waals surface area contributed by atoms with E-state index in [0.29, 0.717) is 17.9 Å². The van der Waals surface area contributed by atoms with E-state index in [1.807, 2.05) is 13.0 Å². The maximum atomic E-state index is 13.4. The SMILES string of the molecule is COC[C@@H]1CCCN1Cc1ccc2n(c1=O)C[C@H]1C[C@@H]2CN(c2ccc(C)nn2)C1. The quantitative estimate of drug-likeness (QED) is 0.754. The summed E-state index contributed by atoms with van der Waals surface area (Å²) >= 11 is 0. The summed E-state index contributed by atoms with van der Waals surface area (Å²) in [5.74, 6) is 1.79. The Morgan fingerprint density at radius 3 is 2.83 bits per heavy atom. The number of ether oxygens (including phenoxy) is 1. The highest BCUT2D eigenvalue weighted by Crippen LogP contribution is 2.36. The van der Waals surface area contributed by atoms with Crippen molar-refractivity contribution in [3.63, 3.8) is 0 Å². The van der Waals surface area contributed by atoms with E-state index in [2.05, 4.69) is 42.8 Å². The van der Waals surface area contributed by atoms with Crippen LogP contribution >= 0.6 is 0 Å². The highest BCUT2D eigenvalue weighted by Gasteiger charge is 2.36. The highest BCUT2D eigenvalue weighted by atomic mass is 16.5. The van der Waals surface area contributed by atoms with Crippen molar-refractivity contribution >= 4 is 5.82 Å². The number of aryl methyl sites for hydroxylation is 1. The van der Waals surface area contributed by atoms with Gasteiger partial charge in [0.1, 0.15) is 0 Å². The summed E-state index contributed by atoms with van der Waals surface area (Å²) in [6, 6.07) is 8.78. The molecule has 0 aromatic carbocycles. The number of pyridine rings is 1. The molecule has 2 bridgehead atoms. The molecule has 0 saturated carbocycles. The maximum Gasteiger partial charge on any atom is 0.255 e. The lowest BCUT2D eigenvalue weighted by atomic mass is 9.83. The topological polar surface area (TPSA) is 63.5 Å². The molecular formula is C23H31N5O2. The minimum Gasteiger partial charge on any atom is -0.383 e. The number of anilines is 1. The number of likely N-dealkylation sites (tertiary alicyclic amines) is 1. The number of aromatic nitrogens is 3. The summed E-state index contributed by atoms with van der Waals surface area (Å²) < 4.78 is 7.44. The molecule has 3 aliphatic rings. The van der Waals surface area contributed by atoms with Crippen molar-refractivity contribution in [1.82, 2.24) is 19.7 Å². The van der Waals surface area contributed by atoms with E-state index < -0.39 is 0 Å². The molecule has 0 aliphatic carbocycles. The summed E-state index contributed by atoms with van der Waals surface area (Å²) in [5.41, 5.74) is 3.24. The van der Waals surface area contributed by atoms with Crippen molar-refractivity contribution < 1.29 is 4.74 Å². The van der Waals surface area contributed by atoms with Gasteiger partial charge in [0.05, 0.1) is 12.3 Å². The van der Waals surface area contributed by atoms with Gasteiger partial charge in [0.15, 0.2) is 5.82 Å². The van der Waals surface area contributed by atoms with Crippen molar-refractivity contribution in [2.24, 2.45) is 5.92 Å². The van der Waals surface area contributed by atoms with Crippen molar-refractivity contribution in [1.29, 1.82) is 0 Å². The number of methoxy groups -OCH3 is 1. The minimum atomic E-state index is 0.203. The molecule has 2 fully saturated rings. The van der Waals surface area contributed by atoms with Crippen LogP contribution in [0.4, 0.5) is 5.82 Å². The fourth-order valence-electron chi connectivity index (χ4n) is 5.56. The zero-order valence-corrected chi connectivity index (χ0v) is 18.0. The van der Waals surface area contributed by atoms with E-state index >= 15 is 0 Å². The van der Waals surface area contributed by atoms with Gasteiger partial charge in [-0.05, 0) is 56.8 Å². The molecule has 3 atom stereocenters. The Kier molecular flexibility index (Phi) is 5.33. The largest absolute Gasteiger partial charge is 0.383 e. The van der Waals surface area contributed by atoms with E-state index in [-0.39, 0.29) is 5.56 Å². The van der Waals surface area contributed by atoms with Gasteiger partial charge in [-0.15, -0.1) is 5.10 Å². The average molecular weight is 410 g/mol. The molecule has 30 heavy (non-hydrogen) atoms. The summed E-state index contributed by atoms with van der Waals surface area (Å²) in [6.07, 6.45) is 3.49.